The first kappa shape index (κ1) is 14.6. The van der Waals surface area contributed by atoms with Gasteiger partial charge in [0.2, 0.25) is 5.24 Å². The lowest BCUT2D eigenvalue weighted by Gasteiger charge is -2.13. The minimum atomic E-state index is -0.388. The van der Waals surface area contributed by atoms with Gasteiger partial charge in [-0.15, -0.1) is 0 Å². The number of carbonyl (C=O) groups is 1. The number of hydrogen-bond acceptors (Lipinski definition) is 2. The quantitative estimate of drug-likeness (QED) is 0.858. The van der Waals surface area contributed by atoms with Gasteiger partial charge < -0.3 is 5.11 Å². The van der Waals surface area contributed by atoms with Gasteiger partial charge in [-0.1, -0.05) is 49.4 Å². The average molecular weight is 289 g/mol. The molecule has 2 nitrogen and oxygen atoms in total. The zero-order valence-electron chi connectivity index (χ0n) is 11.6. The summed E-state index contributed by atoms with van der Waals surface area (Å²) in [6, 6.07) is 13.6. The number of phenols is 1. The molecule has 104 valence electrons. The molecule has 1 N–H and O–H groups in total. The van der Waals surface area contributed by atoms with Gasteiger partial charge in [-0.25, -0.2) is 0 Å². The van der Waals surface area contributed by atoms with E-state index in [0.29, 0.717) is 6.42 Å². The summed E-state index contributed by atoms with van der Waals surface area (Å²) in [5.41, 5.74) is 3.53. The van der Waals surface area contributed by atoms with Gasteiger partial charge in [0.05, 0.1) is 5.92 Å². The van der Waals surface area contributed by atoms with E-state index in [1.54, 1.807) is 6.92 Å². The predicted octanol–water partition coefficient (Wildman–Crippen LogP) is 4.16. The van der Waals surface area contributed by atoms with Crippen molar-refractivity contribution in [2.24, 2.45) is 0 Å². The van der Waals surface area contributed by atoms with Crippen molar-refractivity contribution in [1.29, 1.82) is 0 Å². The summed E-state index contributed by atoms with van der Waals surface area (Å²) >= 11 is 5.57. The highest BCUT2D eigenvalue weighted by Gasteiger charge is 2.16. The van der Waals surface area contributed by atoms with Gasteiger partial charge in [0, 0.05) is 6.42 Å². The Labute approximate surface area is 124 Å². The first-order valence-electron chi connectivity index (χ1n) is 6.54. The molecule has 0 aromatic heterocycles. The Morgan fingerprint density at radius 1 is 1.25 bits per heavy atom. The lowest BCUT2D eigenvalue weighted by molar-refractivity contribution is -0.112. The Balaban J connectivity index is 2.39. The van der Waals surface area contributed by atoms with Gasteiger partial charge >= 0.3 is 0 Å². The molecular weight excluding hydrogens is 272 g/mol. The number of halogens is 1. The Hall–Kier alpha value is -1.80. The highest BCUT2D eigenvalue weighted by Crippen LogP contribution is 2.30. The maximum absolute atomic E-state index is 11.3. The molecule has 0 heterocycles. The van der Waals surface area contributed by atoms with Crippen LogP contribution in [0.5, 0.6) is 5.75 Å². The van der Waals surface area contributed by atoms with Gasteiger partial charge in [0.25, 0.3) is 0 Å². The summed E-state index contributed by atoms with van der Waals surface area (Å²) in [6.45, 7) is 3.60. The molecule has 1 atom stereocenters. The van der Waals surface area contributed by atoms with Crippen LogP contribution in [0, 0.1) is 6.92 Å². The summed E-state index contributed by atoms with van der Waals surface area (Å²) in [5, 5.41) is 9.80. The Morgan fingerprint density at radius 2 is 1.90 bits per heavy atom. The normalized spacial score (nSPS) is 12.2. The van der Waals surface area contributed by atoms with Crippen LogP contribution in [0.2, 0.25) is 0 Å². The monoisotopic (exact) mass is 288 g/mol. The number of benzene rings is 2. The smallest absolute Gasteiger partial charge is 0.228 e. The molecule has 0 radical (unpaired) electrons. The van der Waals surface area contributed by atoms with Crippen LogP contribution in [-0.4, -0.2) is 10.3 Å². The summed E-state index contributed by atoms with van der Waals surface area (Å²) in [7, 11) is 0. The first-order chi connectivity index (χ1) is 9.49. The van der Waals surface area contributed by atoms with Crippen molar-refractivity contribution in [3.05, 3.63) is 64.7 Å². The van der Waals surface area contributed by atoms with Gasteiger partial charge in [-0.3, -0.25) is 4.79 Å². The van der Waals surface area contributed by atoms with Crippen molar-refractivity contribution in [2.45, 2.75) is 26.2 Å². The van der Waals surface area contributed by atoms with E-state index in [0.717, 1.165) is 22.3 Å². The zero-order chi connectivity index (χ0) is 14.7. The number of aryl methyl sites for hydroxylation is 1. The lowest BCUT2D eigenvalue weighted by Crippen LogP contribution is -2.04. The van der Waals surface area contributed by atoms with Crippen molar-refractivity contribution in [1.82, 2.24) is 0 Å². The maximum Gasteiger partial charge on any atom is 0.228 e. The van der Waals surface area contributed by atoms with Crippen LogP contribution in [-0.2, 0) is 11.2 Å². The molecule has 0 aliphatic carbocycles. The van der Waals surface area contributed by atoms with Crippen LogP contribution in [0.15, 0.2) is 42.5 Å². The van der Waals surface area contributed by atoms with Crippen LogP contribution in [0.4, 0.5) is 0 Å². The van der Waals surface area contributed by atoms with Crippen molar-refractivity contribution < 1.29 is 9.90 Å². The van der Waals surface area contributed by atoms with E-state index >= 15 is 0 Å². The number of aromatic hydroxyl groups is 1. The van der Waals surface area contributed by atoms with E-state index in [1.165, 1.54) is 0 Å². The van der Waals surface area contributed by atoms with Crippen LogP contribution in [0.1, 0.15) is 35.1 Å². The van der Waals surface area contributed by atoms with Crippen molar-refractivity contribution >= 4 is 16.8 Å². The van der Waals surface area contributed by atoms with E-state index in [-0.39, 0.29) is 16.9 Å². The molecule has 2 aromatic carbocycles. The lowest BCUT2D eigenvalue weighted by atomic mass is 9.94. The number of carbonyl (C=O) groups excluding carboxylic acids is 1. The van der Waals surface area contributed by atoms with Gasteiger partial charge in [-0.2, -0.15) is 0 Å². The second-order valence-corrected chi connectivity index (χ2v) is 5.41. The highest BCUT2D eigenvalue weighted by molar-refractivity contribution is 6.64. The molecule has 0 bridgehead atoms. The predicted molar refractivity (Wildman–Crippen MR) is 81.4 cm³/mol. The second-order valence-electron chi connectivity index (χ2n) is 5.03. The molecule has 2 aromatic rings. The minimum absolute atomic E-state index is 0.284. The topological polar surface area (TPSA) is 37.3 Å². The van der Waals surface area contributed by atoms with E-state index in [4.69, 9.17) is 11.6 Å². The maximum atomic E-state index is 11.3. The minimum Gasteiger partial charge on any atom is -0.507 e. The molecule has 20 heavy (non-hydrogen) atoms. The molecule has 0 spiro atoms. The molecular formula is C17H17ClO2. The fourth-order valence-corrected chi connectivity index (χ4v) is 2.34. The molecule has 0 aliphatic heterocycles. The number of hydrogen-bond donors (Lipinski definition) is 1. The van der Waals surface area contributed by atoms with E-state index < -0.39 is 0 Å². The van der Waals surface area contributed by atoms with Crippen molar-refractivity contribution in [3.8, 4) is 5.75 Å². The number of phenolic OH excluding ortho intramolecular Hbond substituents is 1. The van der Waals surface area contributed by atoms with Crippen LogP contribution < -0.4 is 0 Å². The molecule has 0 saturated carbocycles. The van der Waals surface area contributed by atoms with Gasteiger partial charge in [0.1, 0.15) is 5.75 Å². The summed E-state index contributed by atoms with van der Waals surface area (Å²) in [5.74, 6) is -0.0858. The second kappa shape index (κ2) is 6.10. The third kappa shape index (κ3) is 3.20. The van der Waals surface area contributed by atoms with Crippen LogP contribution in [0.3, 0.4) is 0 Å². The Bertz CT molecular complexity index is 620. The largest absolute Gasteiger partial charge is 0.507 e. The standard InChI is InChI=1S/C17H17ClO2/c1-11-8-14(12(2)17(18)20)10-15(16(11)19)9-13-6-4-3-5-7-13/h3-8,10,12,19H,9H2,1-2H3. The van der Waals surface area contributed by atoms with Gasteiger partial charge in [-0.05, 0) is 40.8 Å². The summed E-state index contributed by atoms with van der Waals surface area (Å²) < 4.78 is 0. The van der Waals surface area contributed by atoms with Crippen molar-refractivity contribution in [2.75, 3.05) is 0 Å². The first-order valence-corrected chi connectivity index (χ1v) is 6.92. The fraction of sp³-hybridized carbons (Fsp3) is 0.235. The SMILES string of the molecule is Cc1cc(C(C)C(=O)Cl)cc(Cc2ccccc2)c1O. The van der Waals surface area contributed by atoms with Crippen LogP contribution >= 0.6 is 11.6 Å². The fourth-order valence-electron chi connectivity index (χ4n) is 2.21. The van der Waals surface area contributed by atoms with E-state index in [9.17, 15) is 9.90 Å². The number of rotatable bonds is 4. The van der Waals surface area contributed by atoms with E-state index in [2.05, 4.69) is 0 Å². The Morgan fingerprint density at radius 3 is 2.50 bits per heavy atom. The Kier molecular flexibility index (Phi) is 4.46. The molecule has 3 heteroatoms. The zero-order valence-corrected chi connectivity index (χ0v) is 12.3. The van der Waals surface area contributed by atoms with Gasteiger partial charge in [0.15, 0.2) is 0 Å². The molecule has 0 fully saturated rings. The summed E-state index contributed by atoms with van der Waals surface area (Å²) in [4.78, 5) is 11.3. The third-order valence-electron chi connectivity index (χ3n) is 3.48. The molecule has 0 saturated heterocycles. The van der Waals surface area contributed by atoms with Crippen molar-refractivity contribution in [3.63, 3.8) is 0 Å². The summed E-state index contributed by atoms with van der Waals surface area (Å²) in [6.07, 6.45) is 0.630. The third-order valence-corrected chi connectivity index (χ3v) is 3.81. The molecule has 1 unspecified atom stereocenters. The van der Waals surface area contributed by atoms with E-state index in [1.807, 2.05) is 49.4 Å². The molecule has 2 rings (SSSR count). The average Bonchev–Trinajstić information content (AvgIpc) is 2.43. The molecule has 0 amide bonds. The molecule has 0 aliphatic rings. The van der Waals surface area contributed by atoms with Crippen LogP contribution in [0.25, 0.3) is 0 Å². The highest BCUT2D eigenvalue weighted by atomic mass is 35.5.